The van der Waals surface area contributed by atoms with E-state index in [4.69, 9.17) is 4.42 Å². The first kappa shape index (κ1) is 10.4. The molecule has 0 atom stereocenters. The molecular formula is C11H10N2O3. The van der Waals surface area contributed by atoms with Gasteiger partial charge in [0.05, 0.1) is 5.69 Å². The van der Waals surface area contributed by atoms with Crippen LogP contribution in [0.2, 0.25) is 0 Å². The largest absolute Gasteiger partial charge is 0.456 e. The molecule has 2 heterocycles. The molecule has 0 bridgehead atoms. The Balaban J connectivity index is 2.29. The molecule has 2 rings (SSSR count). The topological polar surface area (TPSA) is 65.1 Å². The molecule has 0 radical (unpaired) electrons. The molecule has 0 aliphatic carbocycles. The highest BCUT2D eigenvalue weighted by Gasteiger charge is 2.04. The third-order valence-corrected chi connectivity index (χ3v) is 2.10. The SMILES string of the molecule is Cc1ccc(=O)n(Cc2ccc(C=O)o2)n1. The molecule has 0 saturated heterocycles. The van der Waals surface area contributed by atoms with Gasteiger partial charge in [-0.3, -0.25) is 9.59 Å². The number of aldehydes is 1. The quantitative estimate of drug-likeness (QED) is 0.721. The number of carbonyl (C=O) groups is 1. The van der Waals surface area contributed by atoms with Crippen LogP contribution in [0.15, 0.2) is 33.5 Å². The second kappa shape index (κ2) is 4.14. The van der Waals surface area contributed by atoms with E-state index < -0.39 is 0 Å². The monoisotopic (exact) mass is 218 g/mol. The number of aryl methyl sites for hydroxylation is 1. The average molecular weight is 218 g/mol. The molecule has 0 aliphatic rings. The fourth-order valence-corrected chi connectivity index (χ4v) is 1.35. The molecule has 0 fully saturated rings. The molecule has 16 heavy (non-hydrogen) atoms. The molecule has 2 aromatic heterocycles. The Labute approximate surface area is 91.3 Å². The Morgan fingerprint density at radius 3 is 2.88 bits per heavy atom. The first-order valence-corrected chi connectivity index (χ1v) is 4.78. The lowest BCUT2D eigenvalue weighted by molar-refractivity contribution is 0.109. The van der Waals surface area contributed by atoms with Crippen molar-refractivity contribution in [2.75, 3.05) is 0 Å². The van der Waals surface area contributed by atoms with Crippen molar-refractivity contribution >= 4 is 6.29 Å². The van der Waals surface area contributed by atoms with Gasteiger partial charge in [-0.15, -0.1) is 0 Å². The number of furan rings is 1. The summed E-state index contributed by atoms with van der Waals surface area (Å²) in [5.74, 6) is 0.776. The zero-order chi connectivity index (χ0) is 11.5. The standard InChI is InChI=1S/C11H10N2O3/c1-8-2-5-11(15)13(12-8)6-9-3-4-10(7-14)16-9/h2-5,7H,6H2,1H3. The minimum absolute atomic E-state index is 0.199. The predicted octanol–water partition coefficient (Wildman–Crippen LogP) is 1.01. The highest BCUT2D eigenvalue weighted by Crippen LogP contribution is 2.06. The van der Waals surface area contributed by atoms with Crippen molar-refractivity contribution in [3.05, 3.63) is 51.8 Å². The van der Waals surface area contributed by atoms with Gasteiger partial charge in [0.15, 0.2) is 12.0 Å². The lowest BCUT2D eigenvalue weighted by Gasteiger charge is -2.01. The van der Waals surface area contributed by atoms with E-state index >= 15 is 0 Å². The van der Waals surface area contributed by atoms with Crippen LogP contribution in [0.1, 0.15) is 22.0 Å². The summed E-state index contributed by atoms with van der Waals surface area (Å²) in [6, 6.07) is 6.31. The van der Waals surface area contributed by atoms with Gasteiger partial charge in [-0.25, -0.2) is 4.68 Å². The Kier molecular flexibility index (Phi) is 2.68. The summed E-state index contributed by atoms with van der Waals surface area (Å²) in [5, 5.41) is 4.06. The van der Waals surface area contributed by atoms with Gasteiger partial charge in [-0.2, -0.15) is 5.10 Å². The van der Waals surface area contributed by atoms with Crippen molar-refractivity contribution in [1.82, 2.24) is 9.78 Å². The molecule has 82 valence electrons. The molecule has 0 amide bonds. The summed E-state index contributed by atoms with van der Waals surface area (Å²) in [4.78, 5) is 21.9. The van der Waals surface area contributed by atoms with E-state index in [9.17, 15) is 9.59 Å². The molecule has 0 aromatic carbocycles. The predicted molar refractivity (Wildman–Crippen MR) is 56.4 cm³/mol. The summed E-state index contributed by atoms with van der Waals surface area (Å²) < 4.78 is 6.46. The van der Waals surface area contributed by atoms with E-state index in [-0.39, 0.29) is 17.9 Å². The van der Waals surface area contributed by atoms with Crippen LogP contribution in [0, 0.1) is 6.92 Å². The lowest BCUT2D eigenvalue weighted by atomic mass is 10.4. The third kappa shape index (κ3) is 2.08. The van der Waals surface area contributed by atoms with Gasteiger partial charge in [-0.05, 0) is 25.1 Å². The second-order valence-corrected chi connectivity index (χ2v) is 3.39. The van der Waals surface area contributed by atoms with E-state index in [1.54, 1.807) is 25.1 Å². The summed E-state index contributed by atoms with van der Waals surface area (Å²) in [7, 11) is 0. The van der Waals surface area contributed by atoms with E-state index in [1.165, 1.54) is 10.7 Å². The fraction of sp³-hybridized carbons (Fsp3) is 0.182. The molecule has 0 N–H and O–H groups in total. The average Bonchev–Trinajstić information content (AvgIpc) is 2.71. The zero-order valence-electron chi connectivity index (χ0n) is 8.71. The van der Waals surface area contributed by atoms with Crippen molar-refractivity contribution in [2.24, 2.45) is 0 Å². The van der Waals surface area contributed by atoms with Crippen molar-refractivity contribution < 1.29 is 9.21 Å². The summed E-state index contributed by atoms with van der Waals surface area (Å²) >= 11 is 0. The van der Waals surface area contributed by atoms with Crippen LogP contribution >= 0.6 is 0 Å². The lowest BCUT2D eigenvalue weighted by Crippen LogP contribution is -2.22. The summed E-state index contributed by atoms with van der Waals surface area (Å²) in [5.41, 5.74) is 0.552. The Bertz CT molecular complexity index is 569. The minimum atomic E-state index is -0.199. The van der Waals surface area contributed by atoms with Gasteiger partial charge in [-0.1, -0.05) is 0 Å². The van der Waals surface area contributed by atoms with Crippen LogP contribution in [0.3, 0.4) is 0 Å². The van der Waals surface area contributed by atoms with Gasteiger partial charge in [0, 0.05) is 6.07 Å². The van der Waals surface area contributed by atoms with Crippen LogP contribution < -0.4 is 5.56 Å². The maximum atomic E-state index is 11.4. The number of aromatic nitrogens is 2. The van der Waals surface area contributed by atoms with E-state index in [0.29, 0.717) is 12.0 Å². The van der Waals surface area contributed by atoms with Crippen molar-refractivity contribution in [1.29, 1.82) is 0 Å². The van der Waals surface area contributed by atoms with Crippen molar-refractivity contribution in [2.45, 2.75) is 13.5 Å². The Morgan fingerprint density at radius 1 is 1.38 bits per heavy atom. The second-order valence-electron chi connectivity index (χ2n) is 3.39. The third-order valence-electron chi connectivity index (χ3n) is 2.10. The van der Waals surface area contributed by atoms with Crippen LogP contribution in [0.5, 0.6) is 0 Å². The van der Waals surface area contributed by atoms with Crippen LogP contribution in [0.4, 0.5) is 0 Å². The molecule has 0 saturated carbocycles. The smallest absolute Gasteiger partial charge is 0.267 e. The van der Waals surface area contributed by atoms with Crippen LogP contribution in [-0.2, 0) is 6.54 Å². The minimum Gasteiger partial charge on any atom is -0.456 e. The van der Waals surface area contributed by atoms with E-state index in [0.717, 1.165) is 5.69 Å². The van der Waals surface area contributed by atoms with E-state index in [1.807, 2.05) is 0 Å². The Morgan fingerprint density at radius 2 is 2.19 bits per heavy atom. The maximum absolute atomic E-state index is 11.4. The van der Waals surface area contributed by atoms with Gasteiger partial charge >= 0.3 is 0 Å². The summed E-state index contributed by atoms with van der Waals surface area (Å²) in [6.45, 7) is 2.03. The van der Waals surface area contributed by atoms with Gasteiger partial charge in [0.2, 0.25) is 0 Å². The maximum Gasteiger partial charge on any atom is 0.267 e. The van der Waals surface area contributed by atoms with E-state index in [2.05, 4.69) is 5.10 Å². The molecule has 5 heteroatoms. The molecule has 2 aromatic rings. The molecule has 5 nitrogen and oxygen atoms in total. The van der Waals surface area contributed by atoms with Crippen molar-refractivity contribution in [3.8, 4) is 0 Å². The fourth-order valence-electron chi connectivity index (χ4n) is 1.35. The van der Waals surface area contributed by atoms with Gasteiger partial charge in [0.1, 0.15) is 12.3 Å². The molecule has 0 unspecified atom stereocenters. The number of carbonyl (C=O) groups excluding carboxylic acids is 1. The highest BCUT2D eigenvalue weighted by atomic mass is 16.3. The van der Waals surface area contributed by atoms with Gasteiger partial charge < -0.3 is 4.42 Å². The van der Waals surface area contributed by atoms with Crippen molar-refractivity contribution in [3.63, 3.8) is 0 Å². The number of hydrogen-bond donors (Lipinski definition) is 0. The first-order valence-electron chi connectivity index (χ1n) is 4.78. The first-order chi connectivity index (χ1) is 7.69. The Hall–Kier alpha value is -2.17. The highest BCUT2D eigenvalue weighted by molar-refractivity contribution is 5.70. The molecule has 0 aliphatic heterocycles. The normalized spacial score (nSPS) is 10.3. The van der Waals surface area contributed by atoms with Crippen LogP contribution in [0.25, 0.3) is 0 Å². The van der Waals surface area contributed by atoms with Gasteiger partial charge in [0.25, 0.3) is 5.56 Å². The molecular weight excluding hydrogens is 208 g/mol. The van der Waals surface area contributed by atoms with Crippen LogP contribution in [-0.4, -0.2) is 16.1 Å². The zero-order valence-corrected chi connectivity index (χ0v) is 8.71. The number of rotatable bonds is 3. The number of hydrogen-bond acceptors (Lipinski definition) is 4. The number of nitrogens with zero attached hydrogens (tertiary/aromatic N) is 2. The molecule has 0 spiro atoms. The summed E-state index contributed by atoms with van der Waals surface area (Å²) in [6.07, 6.45) is 0.621.